The number of aromatic nitrogens is 1. The van der Waals surface area contributed by atoms with E-state index in [9.17, 15) is 9.70 Å². The van der Waals surface area contributed by atoms with Crippen LogP contribution in [0.4, 0.5) is 11.4 Å². The Kier molecular flexibility index (Phi) is 7.79. The second-order valence-corrected chi connectivity index (χ2v) is 9.77. The molecule has 1 N–H and O–H groups in total. The third-order valence-electron chi connectivity index (χ3n) is 5.76. The van der Waals surface area contributed by atoms with Crippen molar-refractivity contribution < 1.29 is 19.3 Å². The van der Waals surface area contributed by atoms with Crippen LogP contribution in [0.2, 0.25) is 0 Å². The molecule has 178 valence electrons. The van der Waals surface area contributed by atoms with Gasteiger partial charge in [-0.05, 0) is 49.6 Å². The molecule has 3 aromatic rings. The van der Waals surface area contributed by atoms with Crippen molar-refractivity contribution in [2.45, 2.75) is 17.6 Å². The zero-order valence-electron chi connectivity index (χ0n) is 19.1. The largest absolute Gasteiger partial charge is 0.441 e. The molecule has 10 heteroatoms. The summed E-state index contributed by atoms with van der Waals surface area (Å²) < 4.78 is 5.86. The van der Waals surface area contributed by atoms with Crippen molar-refractivity contribution >= 4 is 40.8 Å². The lowest BCUT2D eigenvalue weighted by Gasteiger charge is -2.36. The van der Waals surface area contributed by atoms with Crippen LogP contribution in [-0.2, 0) is 10.5 Å². The summed E-state index contributed by atoms with van der Waals surface area (Å²) in [5.74, 6) is 2.53. The number of aryl methyl sites for hydroxylation is 1. The molecule has 0 spiro atoms. The molecule has 0 unspecified atom stereocenters. The molecule has 1 aliphatic rings. The molecule has 1 amide bonds. The summed E-state index contributed by atoms with van der Waals surface area (Å²) in [6.07, 6.45) is 2.04. The van der Waals surface area contributed by atoms with Gasteiger partial charge in [-0.1, -0.05) is 0 Å². The minimum Gasteiger partial charge on any atom is -0.441 e. The number of oxazole rings is 1. The molecule has 0 bridgehead atoms. The van der Waals surface area contributed by atoms with E-state index in [1.807, 2.05) is 30.2 Å². The lowest BCUT2D eigenvalue weighted by molar-refractivity contribution is -0.729. The SMILES string of the molecule is CSc1ccc(-c2nc(CSCC(=O)N3CCN(c4ccc([N+](=O)O)cc4)CC3)c(C)o2)cc1. The van der Waals surface area contributed by atoms with Gasteiger partial charge in [-0.25, -0.2) is 10.2 Å². The highest BCUT2D eigenvalue weighted by atomic mass is 32.2. The van der Waals surface area contributed by atoms with Crippen LogP contribution in [0, 0.1) is 11.8 Å². The molecular weight excluding hydrogens is 472 g/mol. The van der Waals surface area contributed by atoms with Crippen molar-refractivity contribution in [1.29, 1.82) is 0 Å². The summed E-state index contributed by atoms with van der Waals surface area (Å²) in [5.41, 5.74) is 2.97. The van der Waals surface area contributed by atoms with E-state index in [4.69, 9.17) is 9.62 Å². The van der Waals surface area contributed by atoms with Crippen LogP contribution >= 0.6 is 23.5 Å². The molecule has 34 heavy (non-hydrogen) atoms. The van der Waals surface area contributed by atoms with Crippen LogP contribution in [-0.4, -0.2) is 64.1 Å². The Labute approximate surface area is 206 Å². The Morgan fingerprint density at radius 1 is 1.09 bits per heavy atom. The second kappa shape index (κ2) is 11.0. The van der Waals surface area contributed by atoms with Gasteiger partial charge in [0.05, 0.1) is 16.4 Å². The Balaban J connectivity index is 1.24. The molecule has 8 nitrogen and oxygen atoms in total. The Morgan fingerprint density at radius 2 is 1.76 bits per heavy atom. The molecule has 4 rings (SSSR count). The minimum absolute atomic E-state index is 0.122. The summed E-state index contributed by atoms with van der Waals surface area (Å²) in [6.45, 7) is 4.64. The number of piperazine rings is 1. The van der Waals surface area contributed by atoms with Gasteiger partial charge < -0.3 is 14.2 Å². The zero-order chi connectivity index (χ0) is 24.1. The van der Waals surface area contributed by atoms with Crippen molar-refractivity contribution in [3.8, 4) is 11.5 Å². The van der Waals surface area contributed by atoms with Gasteiger partial charge in [-0.2, -0.15) is 0 Å². The van der Waals surface area contributed by atoms with Gasteiger partial charge in [-0.15, -0.1) is 23.5 Å². The maximum atomic E-state index is 12.7. The van der Waals surface area contributed by atoms with Gasteiger partial charge in [-0.3, -0.25) is 4.79 Å². The Hall–Kier alpha value is -2.98. The maximum absolute atomic E-state index is 12.7. The molecule has 1 fully saturated rings. The second-order valence-electron chi connectivity index (χ2n) is 7.90. The molecule has 1 aromatic heterocycles. The van der Waals surface area contributed by atoms with Gasteiger partial charge in [0.15, 0.2) is 0 Å². The molecule has 0 radical (unpaired) electrons. The number of carbonyl (C=O) groups excluding carboxylic acids is 1. The summed E-state index contributed by atoms with van der Waals surface area (Å²) in [4.78, 5) is 33.4. The fourth-order valence-electron chi connectivity index (χ4n) is 3.75. The average molecular weight is 500 g/mol. The highest BCUT2D eigenvalue weighted by Gasteiger charge is 2.22. The van der Waals surface area contributed by atoms with Crippen LogP contribution in [0.3, 0.4) is 0 Å². The van der Waals surface area contributed by atoms with E-state index in [-0.39, 0.29) is 16.5 Å². The highest BCUT2D eigenvalue weighted by Crippen LogP contribution is 2.26. The Bertz CT molecular complexity index is 1140. The lowest BCUT2D eigenvalue weighted by atomic mass is 10.2. The summed E-state index contributed by atoms with van der Waals surface area (Å²) >= 11 is 3.24. The molecular formula is C24H27N4O4S2+. The monoisotopic (exact) mass is 499 g/mol. The first-order valence-electron chi connectivity index (χ1n) is 10.9. The van der Waals surface area contributed by atoms with Gasteiger partial charge in [0.1, 0.15) is 5.76 Å². The first-order valence-corrected chi connectivity index (χ1v) is 13.3. The van der Waals surface area contributed by atoms with E-state index in [0.29, 0.717) is 30.5 Å². The van der Waals surface area contributed by atoms with Crippen LogP contribution in [0.5, 0.6) is 0 Å². The van der Waals surface area contributed by atoms with Gasteiger partial charge in [0.25, 0.3) is 4.92 Å². The Morgan fingerprint density at radius 3 is 2.38 bits per heavy atom. The molecule has 2 heterocycles. The standard InChI is InChI=1S/C24H27N4O4S2/c1-17-22(25-24(32-17)18-3-9-21(33-2)10-4-18)15-34-16-23(29)27-13-11-26(12-14-27)19-5-7-20(8-6-19)28(30)31/h3-10H,11-16H2,1-2H3,(H,30,31)/q+1. The summed E-state index contributed by atoms with van der Waals surface area (Å²) in [6, 6.07) is 14.9. The normalized spacial score (nSPS) is 13.8. The fourth-order valence-corrected chi connectivity index (χ4v) is 5.08. The minimum atomic E-state index is -0.150. The average Bonchev–Trinajstić information content (AvgIpc) is 3.24. The predicted molar refractivity (Wildman–Crippen MR) is 135 cm³/mol. The number of carbonyl (C=O) groups is 1. The molecule has 0 saturated carbocycles. The van der Waals surface area contributed by atoms with E-state index in [2.05, 4.69) is 22.0 Å². The van der Waals surface area contributed by atoms with E-state index < -0.39 is 0 Å². The van der Waals surface area contributed by atoms with Crippen molar-refractivity contribution in [2.24, 2.45) is 0 Å². The quantitative estimate of drug-likeness (QED) is 0.351. The third-order valence-corrected chi connectivity index (χ3v) is 7.43. The first-order chi connectivity index (χ1) is 16.4. The predicted octanol–water partition coefficient (Wildman–Crippen LogP) is 4.75. The molecule has 1 saturated heterocycles. The van der Waals surface area contributed by atoms with E-state index in [0.717, 1.165) is 35.8 Å². The molecule has 2 aromatic carbocycles. The number of amides is 1. The topological polar surface area (TPSA) is 89.9 Å². The number of anilines is 1. The maximum Gasteiger partial charge on any atom is 0.316 e. The van der Waals surface area contributed by atoms with E-state index in [1.54, 1.807) is 47.8 Å². The van der Waals surface area contributed by atoms with Gasteiger partial charge in [0.2, 0.25) is 11.8 Å². The summed E-state index contributed by atoms with van der Waals surface area (Å²) in [7, 11) is 0. The molecule has 0 atom stereocenters. The van der Waals surface area contributed by atoms with Crippen molar-refractivity contribution in [1.82, 2.24) is 9.88 Å². The smallest absolute Gasteiger partial charge is 0.316 e. The zero-order valence-corrected chi connectivity index (χ0v) is 20.8. The van der Waals surface area contributed by atoms with Crippen molar-refractivity contribution in [2.75, 3.05) is 43.1 Å². The first kappa shape index (κ1) is 24.2. The number of thioether (sulfide) groups is 2. The lowest BCUT2D eigenvalue weighted by Crippen LogP contribution is -2.49. The number of hydrogen-bond donors (Lipinski definition) is 1. The highest BCUT2D eigenvalue weighted by molar-refractivity contribution is 7.99. The van der Waals surface area contributed by atoms with Crippen LogP contribution in [0.1, 0.15) is 11.5 Å². The molecule has 1 aliphatic heterocycles. The number of nitrogens with zero attached hydrogens (tertiary/aromatic N) is 4. The van der Waals surface area contributed by atoms with Crippen LogP contribution < -0.4 is 4.90 Å². The van der Waals surface area contributed by atoms with E-state index in [1.165, 1.54) is 4.90 Å². The van der Waals surface area contributed by atoms with Crippen molar-refractivity contribution in [3.63, 3.8) is 0 Å². The van der Waals surface area contributed by atoms with Gasteiger partial charge >= 0.3 is 5.69 Å². The molecule has 0 aliphatic carbocycles. The van der Waals surface area contributed by atoms with Crippen LogP contribution in [0.25, 0.3) is 11.5 Å². The van der Waals surface area contributed by atoms with Gasteiger partial charge in [0, 0.05) is 60.2 Å². The van der Waals surface area contributed by atoms with Crippen LogP contribution in [0.15, 0.2) is 57.8 Å². The summed E-state index contributed by atoms with van der Waals surface area (Å²) in [5, 5.41) is 8.96. The number of hydrogen-bond acceptors (Lipinski definition) is 7. The van der Waals surface area contributed by atoms with E-state index >= 15 is 0 Å². The van der Waals surface area contributed by atoms with Crippen molar-refractivity contribution in [3.05, 3.63) is 64.9 Å². The number of rotatable bonds is 8. The fraction of sp³-hybridized carbons (Fsp3) is 0.333. The number of benzene rings is 2. The third kappa shape index (κ3) is 5.74.